The number of hydrogen-bond donors (Lipinski definition) is 1. The lowest BCUT2D eigenvalue weighted by Crippen LogP contribution is -2.23. The fraction of sp³-hybridized carbons (Fsp3) is 0.111. The van der Waals surface area contributed by atoms with Crippen LogP contribution in [0.4, 0.5) is 0 Å². The molecule has 0 atom stereocenters. The van der Waals surface area contributed by atoms with E-state index in [2.05, 4.69) is 26.4 Å². The Balaban J connectivity index is 1.68. The number of benzene rings is 2. The maximum atomic E-state index is 12.2. The van der Waals surface area contributed by atoms with Crippen molar-refractivity contribution in [2.24, 2.45) is 0 Å². The fourth-order valence-electron chi connectivity index (χ4n) is 2.19. The Morgan fingerprint density at radius 3 is 2.71 bits per heavy atom. The van der Waals surface area contributed by atoms with E-state index in [1.807, 2.05) is 37.3 Å². The monoisotopic (exact) mass is 404 g/mol. The third kappa shape index (κ3) is 3.86. The highest BCUT2D eigenvalue weighted by atomic mass is 79.9. The van der Waals surface area contributed by atoms with Gasteiger partial charge >= 0.3 is 0 Å². The molecule has 0 aliphatic rings. The van der Waals surface area contributed by atoms with Crippen molar-refractivity contribution in [3.05, 3.63) is 74.8 Å². The van der Waals surface area contributed by atoms with Crippen LogP contribution in [-0.2, 0) is 6.54 Å². The van der Waals surface area contributed by atoms with Gasteiger partial charge in [0.1, 0.15) is 5.69 Å². The molecule has 0 saturated heterocycles. The summed E-state index contributed by atoms with van der Waals surface area (Å²) in [4.78, 5) is 12.2. The quantitative estimate of drug-likeness (QED) is 0.665. The summed E-state index contributed by atoms with van der Waals surface area (Å²) in [5.74, 6) is 0.404. The van der Waals surface area contributed by atoms with Gasteiger partial charge in [-0.05, 0) is 25.1 Å². The standard InChI is InChI=1S/C18H14BrClN2O2/c1-11-2-4-12(5-3-11)17-9-14(22-24-17)10-21-18(23)15-8-13(19)6-7-16(15)20/h2-9H,10H2,1H3,(H,21,23). The molecule has 1 heterocycles. The highest BCUT2D eigenvalue weighted by molar-refractivity contribution is 9.10. The molecule has 0 unspecified atom stereocenters. The van der Waals surface area contributed by atoms with Crippen molar-refractivity contribution < 1.29 is 9.32 Å². The Morgan fingerprint density at radius 1 is 1.21 bits per heavy atom. The first-order chi connectivity index (χ1) is 11.5. The molecule has 3 aromatic rings. The Labute approximate surface area is 152 Å². The minimum absolute atomic E-state index is 0.261. The predicted molar refractivity (Wildman–Crippen MR) is 97.0 cm³/mol. The highest BCUT2D eigenvalue weighted by Crippen LogP contribution is 2.22. The van der Waals surface area contributed by atoms with E-state index in [1.54, 1.807) is 18.2 Å². The van der Waals surface area contributed by atoms with E-state index in [9.17, 15) is 4.79 Å². The average molecular weight is 406 g/mol. The zero-order valence-corrected chi connectivity index (χ0v) is 15.2. The Kier molecular flexibility index (Phi) is 5.02. The van der Waals surface area contributed by atoms with Gasteiger partial charge in [-0.2, -0.15) is 0 Å². The van der Waals surface area contributed by atoms with Gasteiger partial charge in [-0.3, -0.25) is 4.79 Å². The lowest BCUT2D eigenvalue weighted by molar-refractivity contribution is 0.0950. The van der Waals surface area contributed by atoms with E-state index in [0.29, 0.717) is 22.0 Å². The molecule has 0 bridgehead atoms. The number of aryl methyl sites for hydroxylation is 1. The number of amides is 1. The zero-order valence-electron chi connectivity index (χ0n) is 12.8. The van der Waals surface area contributed by atoms with Gasteiger partial charge in [0.15, 0.2) is 5.76 Å². The summed E-state index contributed by atoms with van der Waals surface area (Å²) in [5.41, 5.74) is 3.18. The van der Waals surface area contributed by atoms with E-state index >= 15 is 0 Å². The third-order valence-electron chi connectivity index (χ3n) is 3.50. The maximum absolute atomic E-state index is 12.2. The molecule has 2 aromatic carbocycles. The minimum atomic E-state index is -0.263. The van der Waals surface area contributed by atoms with E-state index in [-0.39, 0.29) is 12.5 Å². The van der Waals surface area contributed by atoms with Gasteiger partial charge < -0.3 is 9.84 Å². The normalized spacial score (nSPS) is 10.6. The molecule has 0 aliphatic carbocycles. The predicted octanol–water partition coefficient (Wildman–Crippen LogP) is 5.00. The molecule has 6 heteroatoms. The Morgan fingerprint density at radius 2 is 1.96 bits per heavy atom. The van der Waals surface area contributed by atoms with Crippen LogP contribution < -0.4 is 5.32 Å². The number of aromatic nitrogens is 1. The number of carbonyl (C=O) groups is 1. The molecular weight excluding hydrogens is 392 g/mol. The van der Waals surface area contributed by atoms with Crippen LogP contribution in [0.5, 0.6) is 0 Å². The van der Waals surface area contributed by atoms with Crippen LogP contribution in [0.1, 0.15) is 21.6 Å². The molecule has 24 heavy (non-hydrogen) atoms. The molecule has 0 saturated carbocycles. The fourth-order valence-corrected chi connectivity index (χ4v) is 2.75. The van der Waals surface area contributed by atoms with Gasteiger partial charge in [-0.1, -0.05) is 62.5 Å². The summed E-state index contributed by atoms with van der Waals surface area (Å²) in [7, 11) is 0. The van der Waals surface area contributed by atoms with Crippen LogP contribution >= 0.6 is 27.5 Å². The molecule has 0 radical (unpaired) electrons. The smallest absolute Gasteiger partial charge is 0.253 e. The average Bonchev–Trinajstić information content (AvgIpc) is 3.04. The summed E-state index contributed by atoms with van der Waals surface area (Å²) in [5, 5.41) is 7.18. The largest absolute Gasteiger partial charge is 0.356 e. The van der Waals surface area contributed by atoms with Crippen LogP contribution in [0.15, 0.2) is 57.5 Å². The summed E-state index contributed by atoms with van der Waals surface area (Å²) >= 11 is 9.38. The van der Waals surface area contributed by atoms with E-state index in [0.717, 1.165) is 10.0 Å². The summed E-state index contributed by atoms with van der Waals surface area (Å²) in [6.45, 7) is 2.29. The zero-order chi connectivity index (χ0) is 17.1. The van der Waals surface area contributed by atoms with Gasteiger partial charge in [0.05, 0.1) is 17.1 Å². The molecule has 0 fully saturated rings. The lowest BCUT2D eigenvalue weighted by Gasteiger charge is -2.05. The molecule has 122 valence electrons. The van der Waals surface area contributed by atoms with E-state index in [1.165, 1.54) is 5.56 Å². The first-order valence-corrected chi connectivity index (χ1v) is 8.46. The van der Waals surface area contributed by atoms with Crippen molar-refractivity contribution >= 4 is 33.4 Å². The minimum Gasteiger partial charge on any atom is -0.356 e. The lowest BCUT2D eigenvalue weighted by atomic mass is 10.1. The van der Waals surface area contributed by atoms with Crippen molar-refractivity contribution in [3.8, 4) is 11.3 Å². The molecule has 0 spiro atoms. The van der Waals surface area contributed by atoms with Crippen molar-refractivity contribution in [2.75, 3.05) is 0 Å². The van der Waals surface area contributed by atoms with Gasteiger partial charge in [0.25, 0.3) is 5.91 Å². The van der Waals surface area contributed by atoms with Crippen molar-refractivity contribution in [3.63, 3.8) is 0 Å². The van der Waals surface area contributed by atoms with Gasteiger partial charge in [0.2, 0.25) is 0 Å². The van der Waals surface area contributed by atoms with Gasteiger partial charge in [-0.25, -0.2) is 0 Å². The van der Waals surface area contributed by atoms with Crippen LogP contribution in [0.2, 0.25) is 5.02 Å². The molecule has 1 N–H and O–H groups in total. The number of nitrogens with zero attached hydrogens (tertiary/aromatic N) is 1. The molecule has 1 aromatic heterocycles. The highest BCUT2D eigenvalue weighted by Gasteiger charge is 2.12. The van der Waals surface area contributed by atoms with E-state index in [4.69, 9.17) is 16.1 Å². The van der Waals surface area contributed by atoms with Crippen LogP contribution in [0.25, 0.3) is 11.3 Å². The van der Waals surface area contributed by atoms with E-state index < -0.39 is 0 Å². The van der Waals surface area contributed by atoms with Crippen LogP contribution in [0.3, 0.4) is 0 Å². The second-order valence-electron chi connectivity index (χ2n) is 5.36. The first-order valence-electron chi connectivity index (χ1n) is 7.29. The number of carbonyl (C=O) groups excluding carboxylic acids is 1. The molecule has 3 rings (SSSR count). The molecule has 1 amide bonds. The molecule has 4 nitrogen and oxygen atoms in total. The second-order valence-corrected chi connectivity index (χ2v) is 6.68. The second kappa shape index (κ2) is 7.20. The topological polar surface area (TPSA) is 55.1 Å². The van der Waals surface area contributed by atoms with Gasteiger partial charge in [-0.15, -0.1) is 0 Å². The van der Waals surface area contributed by atoms with Crippen molar-refractivity contribution in [2.45, 2.75) is 13.5 Å². The maximum Gasteiger partial charge on any atom is 0.253 e. The number of rotatable bonds is 4. The summed E-state index contributed by atoms with van der Waals surface area (Å²) in [6, 6.07) is 14.9. The van der Waals surface area contributed by atoms with Crippen molar-refractivity contribution in [1.29, 1.82) is 0 Å². The number of hydrogen-bond acceptors (Lipinski definition) is 3. The number of nitrogens with one attached hydrogen (secondary N) is 1. The third-order valence-corrected chi connectivity index (χ3v) is 4.32. The Bertz CT molecular complexity index is 875. The number of halogens is 2. The van der Waals surface area contributed by atoms with Gasteiger partial charge in [0, 0.05) is 16.1 Å². The van der Waals surface area contributed by atoms with Crippen LogP contribution in [0, 0.1) is 6.92 Å². The molecular formula is C18H14BrClN2O2. The molecule has 0 aliphatic heterocycles. The Hall–Kier alpha value is -2.11. The first kappa shape index (κ1) is 16.7. The summed E-state index contributed by atoms with van der Waals surface area (Å²) in [6.07, 6.45) is 0. The van der Waals surface area contributed by atoms with Crippen molar-refractivity contribution in [1.82, 2.24) is 10.5 Å². The van der Waals surface area contributed by atoms with Crippen LogP contribution in [-0.4, -0.2) is 11.1 Å². The summed E-state index contributed by atoms with van der Waals surface area (Å²) < 4.78 is 6.13. The SMILES string of the molecule is Cc1ccc(-c2cc(CNC(=O)c3cc(Br)ccc3Cl)no2)cc1.